The van der Waals surface area contributed by atoms with Crippen LogP contribution in [-0.4, -0.2) is 11.5 Å². The minimum absolute atomic E-state index is 1.01. The maximum Gasteiger partial charge on any atom is 0.0904 e. The number of nitrogens with one attached hydrogen (secondary N) is 1. The number of aryl methyl sites for hydroxylation is 1. The van der Waals surface area contributed by atoms with Crippen molar-refractivity contribution in [3.63, 3.8) is 0 Å². The molecule has 0 bridgehead atoms. The lowest BCUT2D eigenvalue weighted by Gasteiger charge is -2.05. The van der Waals surface area contributed by atoms with Crippen molar-refractivity contribution >= 4 is 17.0 Å². The van der Waals surface area contributed by atoms with Gasteiger partial charge >= 0.3 is 0 Å². The first-order valence-electron chi connectivity index (χ1n) is 5.14. The molecule has 0 amide bonds. The summed E-state index contributed by atoms with van der Waals surface area (Å²) in [7, 11) is 0. The van der Waals surface area contributed by atoms with Crippen molar-refractivity contribution in [2.75, 3.05) is 11.9 Å². The molecule has 0 atom stereocenters. The molecule has 0 spiro atoms. The van der Waals surface area contributed by atoms with E-state index in [2.05, 4.69) is 41.5 Å². The molecule has 3 heteroatoms. The largest absolute Gasteiger partial charge is 0.384 e. The second-order valence-electron chi connectivity index (χ2n) is 3.73. The Morgan fingerprint density at radius 1 is 1.33 bits per heavy atom. The maximum atomic E-state index is 4.63. The van der Waals surface area contributed by atoms with E-state index in [0.29, 0.717) is 0 Å². The van der Waals surface area contributed by atoms with E-state index >= 15 is 0 Å². The SMILES string of the molecule is Cc1nc2c(s1)CCNc1ccccc1-2. The van der Waals surface area contributed by atoms with E-state index in [1.807, 2.05) is 11.3 Å². The smallest absolute Gasteiger partial charge is 0.0904 e. The number of rotatable bonds is 0. The average Bonchev–Trinajstić information content (AvgIpc) is 2.52. The number of para-hydroxylation sites is 1. The van der Waals surface area contributed by atoms with Gasteiger partial charge in [-0.15, -0.1) is 11.3 Å². The molecule has 1 N–H and O–H groups in total. The Hall–Kier alpha value is -1.35. The molecule has 1 aliphatic heterocycles. The molecule has 2 nitrogen and oxygen atoms in total. The van der Waals surface area contributed by atoms with E-state index in [9.17, 15) is 0 Å². The van der Waals surface area contributed by atoms with Gasteiger partial charge in [0, 0.05) is 29.1 Å². The fourth-order valence-electron chi connectivity index (χ4n) is 2.00. The molecular formula is C12H12N2S. The molecule has 1 aromatic carbocycles. The van der Waals surface area contributed by atoms with E-state index in [-0.39, 0.29) is 0 Å². The van der Waals surface area contributed by atoms with Crippen molar-refractivity contribution in [3.05, 3.63) is 34.2 Å². The fourth-order valence-corrected chi connectivity index (χ4v) is 2.95. The number of anilines is 1. The fraction of sp³-hybridized carbons (Fsp3) is 0.250. The van der Waals surface area contributed by atoms with Crippen molar-refractivity contribution in [2.45, 2.75) is 13.3 Å². The van der Waals surface area contributed by atoms with Crippen LogP contribution in [0.15, 0.2) is 24.3 Å². The quantitative estimate of drug-likeness (QED) is 0.732. The van der Waals surface area contributed by atoms with Gasteiger partial charge in [0.15, 0.2) is 0 Å². The Bertz CT molecular complexity index is 502. The Labute approximate surface area is 93.0 Å². The molecule has 2 heterocycles. The number of aromatic nitrogens is 1. The van der Waals surface area contributed by atoms with E-state index in [4.69, 9.17) is 0 Å². The van der Waals surface area contributed by atoms with Gasteiger partial charge in [-0.2, -0.15) is 0 Å². The van der Waals surface area contributed by atoms with Crippen LogP contribution in [0.4, 0.5) is 5.69 Å². The van der Waals surface area contributed by atoms with Gasteiger partial charge in [-0.3, -0.25) is 0 Å². The van der Waals surface area contributed by atoms with Crippen molar-refractivity contribution in [1.82, 2.24) is 4.98 Å². The van der Waals surface area contributed by atoms with Crippen LogP contribution in [0.2, 0.25) is 0 Å². The molecule has 0 saturated carbocycles. The highest BCUT2D eigenvalue weighted by Gasteiger charge is 2.16. The number of fused-ring (bicyclic) bond motifs is 3. The summed E-state index contributed by atoms with van der Waals surface area (Å²) in [6.07, 6.45) is 1.08. The molecule has 3 rings (SSSR count). The van der Waals surface area contributed by atoms with Gasteiger partial charge in [0.2, 0.25) is 0 Å². The zero-order valence-electron chi connectivity index (χ0n) is 8.58. The summed E-state index contributed by atoms with van der Waals surface area (Å²) in [5.41, 5.74) is 3.63. The number of benzene rings is 1. The Morgan fingerprint density at radius 3 is 3.13 bits per heavy atom. The molecule has 0 fully saturated rings. The Kier molecular flexibility index (Phi) is 1.99. The molecule has 0 radical (unpaired) electrons. The first-order chi connectivity index (χ1) is 7.34. The Balaban J connectivity index is 2.26. The van der Waals surface area contributed by atoms with Crippen molar-refractivity contribution in [3.8, 4) is 11.3 Å². The second kappa shape index (κ2) is 3.35. The van der Waals surface area contributed by atoms with Crippen LogP contribution in [0.1, 0.15) is 9.88 Å². The molecule has 2 aromatic rings. The first-order valence-corrected chi connectivity index (χ1v) is 5.96. The summed E-state index contributed by atoms with van der Waals surface area (Å²) >= 11 is 1.82. The van der Waals surface area contributed by atoms with Crippen molar-refractivity contribution in [1.29, 1.82) is 0 Å². The summed E-state index contributed by atoms with van der Waals surface area (Å²) in [6.45, 7) is 3.08. The van der Waals surface area contributed by atoms with E-state index in [1.54, 1.807) is 0 Å². The number of nitrogens with zero attached hydrogens (tertiary/aromatic N) is 1. The van der Waals surface area contributed by atoms with Crippen molar-refractivity contribution < 1.29 is 0 Å². The van der Waals surface area contributed by atoms with Crippen molar-refractivity contribution in [2.24, 2.45) is 0 Å². The first kappa shape index (κ1) is 8.92. The summed E-state index contributed by atoms with van der Waals surface area (Å²) in [5, 5.41) is 4.61. The zero-order valence-corrected chi connectivity index (χ0v) is 9.40. The topological polar surface area (TPSA) is 24.9 Å². The lowest BCUT2D eigenvalue weighted by molar-refractivity contribution is 1.06. The predicted molar refractivity (Wildman–Crippen MR) is 64.5 cm³/mol. The van der Waals surface area contributed by atoms with Crippen LogP contribution in [0.25, 0.3) is 11.3 Å². The molecule has 1 aliphatic rings. The van der Waals surface area contributed by atoms with Gasteiger partial charge in [0.05, 0.1) is 10.7 Å². The highest BCUT2D eigenvalue weighted by atomic mass is 32.1. The normalized spacial score (nSPS) is 13.7. The molecular weight excluding hydrogens is 204 g/mol. The summed E-state index contributed by atoms with van der Waals surface area (Å²) in [4.78, 5) is 6.04. The number of hydrogen-bond acceptors (Lipinski definition) is 3. The standard InChI is InChI=1S/C12H12N2S/c1-8-14-12-9-4-2-3-5-10(9)13-7-6-11(12)15-8/h2-5,13H,6-7H2,1H3. The van der Waals surface area contributed by atoms with Gasteiger partial charge in [-0.05, 0) is 13.0 Å². The predicted octanol–water partition coefficient (Wildman–Crippen LogP) is 3.09. The minimum atomic E-state index is 1.01. The van der Waals surface area contributed by atoms with Crippen LogP contribution in [-0.2, 0) is 6.42 Å². The molecule has 0 saturated heterocycles. The lowest BCUT2D eigenvalue weighted by Crippen LogP contribution is -2.01. The van der Waals surface area contributed by atoms with Gasteiger partial charge in [0.25, 0.3) is 0 Å². The average molecular weight is 216 g/mol. The van der Waals surface area contributed by atoms with Gasteiger partial charge in [0.1, 0.15) is 0 Å². The van der Waals surface area contributed by atoms with E-state index < -0.39 is 0 Å². The monoisotopic (exact) mass is 216 g/mol. The van der Waals surface area contributed by atoms with Crippen LogP contribution >= 0.6 is 11.3 Å². The van der Waals surface area contributed by atoms with Crippen LogP contribution < -0.4 is 5.32 Å². The number of thiazole rings is 1. The lowest BCUT2D eigenvalue weighted by atomic mass is 10.1. The molecule has 76 valence electrons. The maximum absolute atomic E-state index is 4.63. The summed E-state index contributed by atoms with van der Waals surface area (Å²) < 4.78 is 0. The third kappa shape index (κ3) is 1.43. The minimum Gasteiger partial charge on any atom is -0.384 e. The second-order valence-corrected chi connectivity index (χ2v) is 5.01. The molecule has 0 aliphatic carbocycles. The van der Waals surface area contributed by atoms with E-state index in [0.717, 1.165) is 18.0 Å². The van der Waals surface area contributed by atoms with E-state index in [1.165, 1.54) is 21.8 Å². The van der Waals surface area contributed by atoms with Gasteiger partial charge < -0.3 is 5.32 Å². The molecule has 0 unspecified atom stereocenters. The van der Waals surface area contributed by atoms with Crippen LogP contribution in [0.5, 0.6) is 0 Å². The Morgan fingerprint density at radius 2 is 2.20 bits per heavy atom. The molecule has 15 heavy (non-hydrogen) atoms. The van der Waals surface area contributed by atoms with Crippen LogP contribution in [0, 0.1) is 6.92 Å². The third-order valence-electron chi connectivity index (χ3n) is 2.65. The zero-order chi connectivity index (χ0) is 10.3. The summed E-state index contributed by atoms with van der Waals surface area (Å²) in [5.74, 6) is 0. The molecule has 1 aromatic heterocycles. The highest BCUT2D eigenvalue weighted by molar-refractivity contribution is 7.12. The van der Waals surface area contributed by atoms with Crippen LogP contribution in [0.3, 0.4) is 0 Å². The van der Waals surface area contributed by atoms with Gasteiger partial charge in [-0.25, -0.2) is 4.98 Å². The van der Waals surface area contributed by atoms with Gasteiger partial charge in [-0.1, -0.05) is 18.2 Å². The summed E-state index contributed by atoms with van der Waals surface area (Å²) in [6, 6.07) is 8.41. The third-order valence-corrected chi connectivity index (χ3v) is 3.68. The number of hydrogen-bond donors (Lipinski definition) is 1. The highest BCUT2D eigenvalue weighted by Crippen LogP contribution is 2.35.